The van der Waals surface area contributed by atoms with Gasteiger partial charge in [-0.25, -0.2) is 0 Å². The fourth-order valence-electron chi connectivity index (χ4n) is 2.26. The quantitative estimate of drug-likeness (QED) is 0.586. The largest absolute Gasteiger partial charge is 0.385 e. The molecule has 0 heterocycles. The summed E-state index contributed by atoms with van der Waals surface area (Å²) >= 11 is 0. The molecule has 0 aromatic carbocycles. The molecule has 0 aliphatic heterocycles. The maximum atomic E-state index is 5.11. The zero-order valence-electron chi connectivity index (χ0n) is 8.52. The minimum atomic E-state index is 0.488. The van der Waals surface area contributed by atoms with Crippen molar-refractivity contribution in [3.63, 3.8) is 0 Å². The first-order valence-corrected chi connectivity index (χ1v) is 4.74. The molecule has 0 radical (unpaired) electrons. The molecule has 1 aliphatic carbocycles. The lowest BCUT2D eigenvalue weighted by Crippen LogP contribution is -2.38. The molecule has 2 atom stereocenters. The van der Waals surface area contributed by atoms with Crippen LogP contribution in [-0.2, 0) is 4.74 Å². The van der Waals surface area contributed by atoms with Crippen molar-refractivity contribution in [2.75, 3.05) is 13.7 Å². The van der Waals surface area contributed by atoms with Crippen molar-refractivity contribution in [1.29, 1.82) is 0 Å². The number of methoxy groups -OCH3 is 1. The van der Waals surface area contributed by atoms with Crippen LogP contribution in [0.2, 0.25) is 0 Å². The molecule has 70 valence electrons. The smallest absolute Gasteiger partial charge is 0.0467 e. The fourth-order valence-corrected chi connectivity index (χ4v) is 2.26. The van der Waals surface area contributed by atoms with Crippen molar-refractivity contribution in [1.82, 2.24) is 0 Å². The lowest BCUT2D eigenvalue weighted by molar-refractivity contribution is 0.0360. The second-order valence-corrected chi connectivity index (χ2v) is 4.33. The molecule has 12 heavy (non-hydrogen) atoms. The van der Waals surface area contributed by atoms with E-state index in [1.165, 1.54) is 24.8 Å². The third kappa shape index (κ3) is 1.71. The Balaban J connectivity index is 2.43. The summed E-state index contributed by atoms with van der Waals surface area (Å²) in [6.07, 6.45) is 3.85. The minimum absolute atomic E-state index is 0.488. The average Bonchev–Trinajstić information content (AvgIpc) is 1.97. The lowest BCUT2D eigenvalue weighted by Gasteiger charge is -2.48. The molecule has 0 spiro atoms. The monoisotopic (exact) mass is 168 g/mol. The van der Waals surface area contributed by atoms with Gasteiger partial charge >= 0.3 is 0 Å². The van der Waals surface area contributed by atoms with Gasteiger partial charge < -0.3 is 4.74 Å². The Kier molecular flexibility index (Phi) is 2.94. The van der Waals surface area contributed by atoms with Gasteiger partial charge in [-0.2, -0.15) is 0 Å². The summed E-state index contributed by atoms with van der Waals surface area (Å²) in [4.78, 5) is 0. The maximum Gasteiger partial charge on any atom is 0.0467 e. The Labute approximate surface area is 75.8 Å². The zero-order chi connectivity index (χ0) is 9.19. The highest BCUT2D eigenvalue weighted by molar-refractivity contribution is 5.09. The van der Waals surface area contributed by atoms with E-state index in [9.17, 15) is 0 Å². The molecule has 1 rings (SSSR count). The van der Waals surface area contributed by atoms with Crippen molar-refractivity contribution < 1.29 is 4.74 Å². The van der Waals surface area contributed by atoms with Crippen molar-refractivity contribution in [3.8, 4) is 0 Å². The predicted octanol–water partition coefficient (Wildman–Crippen LogP) is 3.02. The maximum absolute atomic E-state index is 5.11. The third-order valence-corrected chi connectivity index (χ3v) is 3.32. The molecule has 1 saturated carbocycles. The van der Waals surface area contributed by atoms with E-state index in [0.717, 1.165) is 12.5 Å². The SMILES string of the molecule is C=C(C)[C@@H]1CC[C@]1(C)CCOC. The molecule has 0 saturated heterocycles. The average molecular weight is 168 g/mol. The zero-order valence-corrected chi connectivity index (χ0v) is 8.52. The molecule has 0 amide bonds. The molecule has 0 N–H and O–H groups in total. The second kappa shape index (κ2) is 3.61. The molecule has 1 heteroatoms. The van der Waals surface area contributed by atoms with Crippen LogP contribution in [0, 0.1) is 11.3 Å². The molecule has 0 aromatic heterocycles. The summed E-state index contributed by atoms with van der Waals surface area (Å²) in [5, 5.41) is 0. The van der Waals surface area contributed by atoms with Crippen LogP contribution in [-0.4, -0.2) is 13.7 Å². The van der Waals surface area contributed by atoms with E-state index in [0.29, 0.717) is 5.41 Å². The fraction of sp³-hybridized carbons (Fsp3) is 0.818. The van der Waals surface area contributed by atoms with Crippen LogP contribution in [0.4, 0.5) is 0 Å². The summed E-state index contributed by atoms with van der Waals surface area (Å²) in [6.45, 7) is 9.43. The van der Waals surface area contributed by atoms with Gasteiger partial charge in [-0.05, 0) is 37.5 Å². The Morgan fingerprint density at radius 2 is 2.33 bits per heavy atom. The van der Waals surface area contributed by atoms with Crippen molar-refractivity contribution in [2.45, 2.75) is 33.1 Å². The first-order valence-electron chi connectivity index (χ1n) is 4.74. The number of hydrogen-bond donors (Lipinski definition) is 0. The van der Waals surface area contributed by atoms with Gasteiger partial charge in [-0.15, -0.1) is 0 Å². The van der Waals surface area contributed by atoms with Gasteiger partial charge in [0.25, 0.3) is 0 Å². The molecular formula is C11H20O. The molecular weight excluding hydrogens is 148 g/mol. The summed E-state index contributed by atoms with van der Waals surface area (Å²) < 4.78 is 5.11. The van der Waals surface area contributed by atoms with Crippen LogP contribution >= 0.6 is 0 Å². The summed E-state index contributed by atoms with van der Waals surface area (Å²) in [5.41, 5.74) is 1.84. The topological polar surface area (TPSA) is 9.23 Å². The van der Waals surface area contributed by atoms with Gasteiger partial charge in [0.15, 0.2) is 0 Å². The van der Waals surface area contributed by atoms with E-state index >= 15 is 0 Å². The van der Waals surface area contributed by atoms with Gasteiger partial charge in [0, 0.05) is 13.7 Å². The molecule has 1 nitrogen and oxygen atoms in total. The Bertz CT molecular complexity index is 174. The molecule has 0 aromatic rings. The van der Waals surface area contributed by atoms with E-state index in [1.54, 1.807) is 7.11 Å². The van der Waals surface area contributed by atoms with E-state index in [2.05, 4.69) is 20.4 Å². The van der Waals surface area contributed by atoms with Crippen molar-refractivity contribution in [2.24, 2.45) is 11.3 Å². The number of allylic oxidation sites excluding steroid dienone is 1. The second-order valence-electron chi connectivity index (χ2n) is 4.33. The van der Waals surface area contributed by atoms with Crippen LogP contribution in [0.5, 0.6) is 0 Å². The van der Waals surface area contributed by atoms with Crippen LogP contribution in [0.1, 0.15) is 33.1 Å². The van der Waals surface area contributed by atoms with Crippen LogP contribution in [0.15, 0.2) is 12.2 Å². The first-order chi connectivity index (χ1) is 5.60. The summed E-state index contributed by atoms with van der Waals surface area (Å²) in [6, 6.07) is 0. The van der Waals surface area contributed by atoms with Gasteiger partial charge in [0.2, 0.25) is 0 Å². The van der Waals surface area contributed by atoms with E-state index in [-0.39, 0.29) is 0 Å². The van der Waals surface area contributed by atoms with Crippen LogP contribution in [0.25, 0.3) is 0 Å². The number of hydrogen-bond acceptors (Lipinski definition) is 1. The van der Waals surface area contributed by atoms with E-state index in [4.69, 9.17) is 4.74 Å². The first kappa shape index (κ1) is 9.79. The van der Waals surface area contributed by atoms with E-state index in [1.807, 2.05) is 0 Å². The predicted molar refractivity (Wildman–Crippen MR) is 52.1 cm³/mol. The minimum Gasteiger partial charge on any atom is -0.385 e. The standard InChI is InChI=1S/C11H20O/c1-9(2)10-5-6-11(10,3)7-8-12-4/h10H,1,5-8H2,2-4H3/t10-,11+/m0/s1. The van der Waals surface area contributed by atoms with Crippen LogP contribution in [0.3, 0.4) is 0 Å². The Morgan fingerprint density at radius 1 is 1.67 bits per heavy atom. The highest BCUT2D eigenvalue weighted by Gasteiger charge is 2.42. The number of rotatable bonds is 4. The number of ether oxygens (including phenoxy) is 1. The van der Waals surface area contributed by atoms with Gasteiger partial charge in [-0.3, -0.25) is 0 Å². The van der Waals surface area contributed by atoms with Crippen molar-refractivity contribution in [3.05, 3.63) is 12.2 Å². The van der Waals surface area contributed by atoms with Crippen LogP contribution < -0.4 is 0 Å². The Morgan fingerprint density at radius 3 is 2.67 bits per heavy atom. The summed E-state index contributed by atoms with van der Waals surface area (Å²) in [5.74, 6) is 0.743. The molecule has 1 aliphatic rings. The van der Waals surface area contributed by atoms with Gasteiger partial charge in [0.05, 0.1) is 0 Å². The normalized spacial score (nSPS) is 34.4. The lowest BCUT2D eigenvalue weighted by atomic mass is 9.57. The molecule has 0 bridgehead atoms. The highest BCUT2D eigenvalue weighted by atomic mass is 16.5. The van der Waals surface area contributed by atoms with Gasteiger partial charge in [-0.1, -0.05) is 19.1 Å². The van der Waals surface area contributed by atoms with E-state index < -0.39 is 0 Å². The van der Waals surface area contributed by atoms with Crippen molar-refractivity contribution >= 4 is 0 Å². The Hall–Kier alpha value is -0.300. The van der Waals surface area contributed by atoms with Gasteiger partial charge in [0.1, 0.15) is 0 Å². The molecule has 0 unspecified atom stereocenters. The molecule has 1 fully saturated rings. The highest BCUT2D eigenvalue weighted by Crippen LogP contribution is 2.51. The summed E-state index contributed by atoms with van der Waals surface area (Å²) in [7, 11) is 1.78. The third-order valence-electron chi connectivity index (χ3n) is 3.32.